The van der Waals surface area contributed by atoms with Crippen LogP contribution in [-0.4, -0.2) is 12.6 Å². The number of halogens is 2. The summed E-state index contributed by atoms with van der Waals surface area (Å²) >= 11 is 12.2. The van der Waals surface area contributed by atoms with Crippen LogP contribution >= 0.6 is 23.2 Å². The van der Waals surface area contributed by atoms with Gasteiger partial charge in [0.2, 0.25) is 0 Å². The maximum Gasteiger partial charge on any atom is 0.309 e. The van der Waals surface area contributed by atoms with Gasteiger partial charge in [-0.1, -0.05) is 23.2 Å². The maximum atomic E-state index is 11.8. The molecule has 0 spiro atoms. The largest absolute Gasteiger partial charge is 0.466 e. The average molecular weight is 313 g/mol. The van der Waals surface area contributed by atoms with Gasteiger partial charge in [-0.2, -0.15) is 0 Å². The molecule has 1 aliphatic carbocycles. The normalized spacial score (nSPS) is 18.1. The minimum absolute atomic E-state index is 0.128. The fraction of sp³-hybridized carbons (Fsp3) is 0.400. The Balaban J connectivity index is 1.99. The summed E-state index contributed by atoms with van der Waals surface area (Å²) in [5, 5.41) is 2.08. The van der Waals surface area contributed by atoms with Gasteiger partial charge in [-0.05, 0) is 25.8 Å². The van der Waals surface area contributed by atoms with Crippen LogP contribution in [0.2, 0.25) is 10.0 Å². The van der Waals surface area contributed by atoms with Gasteiger partial charge in [-0.25, -0.2) is 0 Å². The zero-order valence-electron chi connectivity index (χ0n) is 11.0. The van der Waals surface area contributed by atoms with E-state index in [0.29, 0.717) is 28.7 Å². The van der Waals surface area contributed by atoms with Crippen LogP contribution in [0.4, 0.5) is 0 Å². The van der Waals surface area contributed by atoms with Crippen LogP contribution in [-0.2, 0) is 22.4 Å². The van der Waals surface area contributed by atoms with Gasteiger partial charge in [0.15, 0.2) is 0 Å². The summed E-state index contributed by atoms with van der Waals surface area (Å²) < 4.78 is 10.9. The van der Waals surface area contributed by atoms with Crippen LogP contribution in [0.25, 0.3) is 11.0 Å². The zero-order valence-corrected chi connectivity index (χ0v) is 12.6. The van der Waals surface area contributed by atoms with Crippen LogP contribution in [0, 0.1) is 5.92 Å². The number of hydrogen-bond acceptors (Lipinski definition) is 3. The summed E-state index contributed by atoms with van der Waals surface area (Å²) in [4.78, 5) is 11.8. The van der Waals surface area contributed by atoms with E-state index in [0.717, 1.165) is 29.6 Å². The Morgan fingerprint density at radius 1 is 1.45 bits per heavy atom. The fourth-order valence-electron chi connectivity index (χ4n) is 2.79. The van der Waals surface area contributed by atoms with Gasteiger partial charge >= 0.3 is 5.97 Å². The highest BCUT2D eigenvalue weighted by Gasteiger charge is 2.30. The third-order valence-corrected chi connectivity index (χ3v) is 4.20. The first-order valence-corrected chi connectivity index (χ1v) is 7.41. The van der Waals surface area contributed by atoms with Gasteiger partial charge in [-0.3, -0.25) is 4.79 Å². The Morgan fingerprint density at radius 3 is 3.00 bits per heavy atom. The molecule has 0 radical (unpaired) electrons. The molecule has 0 saturated heterocycles. The monoisotopic (exact) mass is 312 g/mol. The quantitative estimate of drug-likeness (QED) is 0.771. The lowest BCUT2D eigenvalue weighted by Crippen LogP contribution is -2.24. The molecule has 2 aromatic rings. The molecule has 5 heteroatoms. The van der Waals surface area contributed by atoms with Crippen LogP contribution in [0.1, 0.15) is 24.7 Å². The summed E-state index contributed by atoms with van der Waals surface area (Å²) in [7, 11) is 0. The summed E-state index contributed by atoms with van der Waals surface area (Å²) in [6.07, 6.45) is 2.10. The fourth-order valence-corrected chi connectivity index (χ4v) is 3.38. The molecule has 1 aliphatic rings. The first-order valence-electron chi connectivity index (χ1n) is 6.66. The Labute approximate surface area is 126 Å². The minimum Gasteiger partial charge on any atom is -0.466 e. The molecule has 1 atom stereocenters. The number of hydrogen-bond donors (Lipinski definition) is 0. The van der Waals surface area contributed by atoms with Gasteiger partial charge in [0.25, 0.3) is 0 Å². The topological polar surface area (TPSA) is 39.4 Å². The van der Waals surface area contributed by atoms with Gasteiger partial charge in [0, 0.05) is 28.5 Å². The van der Waals surface area contributed by atoms with Crippen molar-refractivity contribution < 1.29 is 13.9 Å². The number of benzene rings is 1. The first kappa shape index (κ1) is 13.8. The predicted octanol–water partition coefficient (Wildman–Crippen LogP) is 4.41. The van der Waals surface area contributed by atoms with Crippen LogP contribution in [0.5, 0.6) is 0 Å². The van der Waals surface area contributed by atoms with Crippen LogP contribution < -0.4 is 0 Å². The van der Waals surface area contributed by atoms with E-state index in [4.69, 9.17) is 32.4 Å². The van der Waals surface area contributed by atoms with Gasteiger partial charge in [-0.15, -0.1) is 0 Å². The number of furan rings is 1. The highest BCUT2D eigenvalue weighted by atomic mass is 35.5. The van der Waals surface area contributed by atoms with Crippen molar-refractivity contribution in [1.29, 1.82) is 0 Å². The molecule has 1 unspecified atom stereocenters. The van der Waals surface area contributed by atoms with Crippen LogP contribution in [0.15, 0.2) is 16.5 Å². The molecule has 0 N–H and O–H groups in total. The van der Waals surface area contributed by atoms with E-state index in [1.54, 1.807) is 12.1 Å². The molecule has 0 aliphatic heterocycles. The number of rotatable bonds is 2. The Bertz CT molecular complexity index is 675. The summed E-state index contributed by atoms with van der Waals surface area (Å²) in [5.41, 5.74) is 1.79. The lowest BCUT2D eigenvalue weighted by atomic mass is 9.87. The molecule has 1 aromatic carbocycles. The van der Waals surface area contributed by atoms with Crippen molar-refractivity contribution in [3.05, 3.63) is 33.5 Å². The smallest absolute Gasteiger partial charge is 0.309 e. The third-order valence-electron chi connectivity index (χ3n) is 3.68. The first-order chi connectivity index (χ1) is 9.60. The van der Waals surface area contributed by atoms with Crippen molar-refractivity contribution in [2.24, 2.45) is 5.92 Å². The van der Waals surface area contributed by atoms with E-state index < -0.39 is 0 Å². The number of carbonyl (C=O) groups is 1. The highest BCUT2D eigenvalue weighted by molar-refractivity contribution is 6.38. The highest BCUT2D eigenvalue weighted by Crippen LogP contribution is 2.39. The number of aryl methyl sites for hydroxylation is 1. The average Bonchev–Trinajstić information content (AvgIpc) is 2.75. The van der Waals surface area contributed by atoms with Crippen molar-refractivity contribution in [2.45, 2.75) is 26.2 Å². The van der Waals surface area contributed by atoms with E-state index >= 15 is 0 Å². The predicted molar refractivity (Wildman–Crippen MR) is 78.4 cm³/mol. The molecular formula is C15H14Cl2O3. The van der Waals surface area contributed by atoms with E-state index in [2.05, 4.69) is 0 Å². The molecule has 0 saturated carbocycles. The Hall–Kier alpha value is -1.19. The van der Waals surface area contributed by atoms with E-state index in [-0.39, 0.29) is 11.9 Å². The number of fused-ring (bicyclic) bond motifs is 3. The molecule has 0 bridgehead atoms. The van der Waals surface area contributed by atoms with E-state index in [1.807, 2.05) is 6.92 Å². The number of esters is 1. The molecule has 20 heavy (non-hydrogen) atoms. The second-order valence-electron chi connectivity index (χ2n) is 4.96. The van der Waals surface area contributed by atoms with Gasteiger partial charge in [0.1, 0.15) is 11.3 Å². The van der Waals surface area contributed by atoms with Crippen molar-refractivity contribution >= 4 is 40.1 Å². The minimum atomic E-state index is -0.150. The van der Waals surface area contributed by atoms with Crippen LogP contribution in [0.3, 0.4) is 0 Å². The van der Waals surface area contributed by atoms with Crippen molar-refractivity contribution in [3.8, 4) is 0 Å². The molecule has 1 aromatic heterocycles. The van der Waals surface area contributed by atoms with E-state index in [1.165, 1.54) is 0 Å². The molecular weight excluding hydrogens is 299 g/mol. The van der Waals surface area contributed by atoms with Crippen molar-refractivity contribution in [2.75, 3.05) is 6.61 Å². The number of ether oxygens (including phenoxy) is 1. The third kappa shape index (κ3) is 2.29. The number of carbonyl (C=O) groups excluding carboxylic acids is 1. The van der Waals surface area contributed by atoms with Crippen molar-refractivity contribution in [1.82, 2.24) is 0 Å². The second kappa shape index (κ2) is 5.30. The summed E-state index contributed by atoms with van der Waals surface area (Å²) in [6.45, 7) is 2.22. The molecule has 106 valence electrons. The zero-order chi connectivity index (χ0) is 14.3. The molecule has 0 amide bonds. The summed E-state index contributed by atoms with van der Waals surface area (Å²) in [5.74, 6) is 0.550. The molecule has 1 heterocycles. The molecule has 3 rings (SSSR count). The summed E-state index contributed by atoms with van der Waals surface area (Å²) in [6, 6.07) is 3.49. The lowest BCUT2D eigenvalue weighted by Gasteiger charge is -2.19. The van der Waals surface area contributed by atoms with E-state index in [9.17, 15) is 4.79 Å². The van der Waals surface area contributed by atoms with Gasteiger partial charge in [0.05, 0.1) is 17.5 Å². The maximum absolute atomic E-state index is 11.8. The molecule has 0 fully saturated rings. The molecule has 3 nitrogen and oxygen atoms in total. The lowest BCUT2D eigenvalue weighted by molar-refractivity contribution is -0.148. The second-order valence-corrected chi connectivity index (χ2v) is 5.80. The standard InChI is InChI=1S/C15H14Cl2O3/c1-2-19-15(18)8-3-4-10-12(5-8)20-13-7-9(16)6-11(17)14(10)13/h6-8H,2-5H2,1H3. The van der Waals surface area contributed by atoms with Gasteiger partial charge < -0.3 is 9.15 Å². The Morgan fingerprint density at radius 2 is 2.25 bits per heavy atom. The Kier molecular flexibility index (Phi) is 3.65. The SMILES string of the molecule is CCOC(=O)C1CCc2c(oc3cc(Cl)cc(Cl)c23)C1. The van der Waals surface area contributed by atoms with Crippen molar-refractivity contribution in [3.63, 3.8) is 0 Å².